The van der Waals surface area contributed by atoms with Gasteiger partial charge in [0.05, 0.1) is 17.6 Å². The highest BCUT2D eigenvalue weighted by Gasteiger charge is 2.16. The monoisotopic (exact) mass is 336 g/mol. The predicted octanol–water partition coefficient (Wildman–Crippen LogP) is 2.76. The molecule has 2 aromatic carbocycles. The zero-order chi connectivity index (χ0) is 17.8. The maximum Gasteiger partial charge on any atom is 0.242 e. The maximum atomic E-state index is 12.8. The Hall–Kier alpha value is -2.66. The third-order valence-corrected chi connectivity index (χ3v) is 4.17. The molecule has 5 nitrogen and oxygen atoms in total. The lowest BCUT2D eigenvalue weighted by Crippen LogP contribution is -2.30. The number of rotatable bonds is 6. The normalized spacial score (nSPS) is 11.2. The van der Waals surface area contributed by atoms with Gasteiger partial charge in [-0.2, -0.15) is 0 Å². The van der Waals surface area contributed by atoms with Gasteiger partial charge in [-0.15, -0.1) is 0 Å². The van der Waals surface area contributed by atoms with E-state index in [-0.39, 0.29) is 5.91 Å². The molecule has 0 unspecified atom stereocenters. The van der Waals surface area contributed by atoms with Crippen LogP contribution in [0.5, 0.6) is 0 Å². The Bertz CT molecular complexity index is 855. The molecule has 1 amide bonds. The van der Waals surface area contributed by atoms with Crippen LogP contribution >= 0.6 is 0 Å². The van der Waals surface area contributed by atoms with Crippen molar-refractivity contribution in [3.05, 3.63) is 66.0 Å². The van der Waals surface area contributed by atoms with Crippen LogP contribution in [0, 0.1) is 0 Å². The zero-order valence-corrected chi connectivity index (χ0v) is 15.0. The van der Waals surface area contributed by atoms with Crippen molar-refractivity contribution in [2.75, 3.05) is 21.1 Å². The first-order valence-electron chi connectivity index (χ1n) is 8.41. The van der Waals surface area contributed by atoms with Gasteiger partial charge in [0.1, 0.15) is 12.4 Å². The average molecular weight is 336 g/mol. The number of hydrogen-bond donors (Lipinski definition) is 0. The summed E-state index contributed by atoms with van der Waals surface area (Å²) in [6, 6.07) is 18.0. The van der Waals surface area contributed by atoms with Crippen molar-refractivity contribution in [2.45, 2.75) is 19.6 Å². The van der Waals surface area contributed by atoms with E-state index in [9.17, 15) is 4.79 Å². The molecule has 0 aliphatic heterocycles. The smallest absolute Gasteiger partial charge is 0.242 e. The molecule has 3 rings (SSSR count). The Morgan fingerprint density at radius 3 is 2.36 bits per heavy atom. The van der Waals surface area contributed by atoms with E-state index in [1.54, 1.807) is 4.90 Å². The summed E-state index contributed by atoms with van der Waals surface area (Å²) in [4.78, 5) is 21.3. The number of hydrogen-bond acceptors (Lipinski definition) is 3. The number of aromatic nitrogens is 2. The molecule has 3 aromatic rings. The second-order valence-corrected chi connectivity index (χ2v) is 6.58. The first kappa shape index (κ1) is 17.2. The van der Waals surface area contributed by atoms with Gasteiger partial charge in [0.2, 0.25) is 5.91 Å². The van der Waals surface area contributed by atoms with E-state index in [0.717, 1.165) is 22.4 Å². The number of benzene rings is 2. The summed E-state index contributed by atoms with van der Waals surface area (Å²) >= 11 is 0. The number of carbonyl (C=O) groups excluding carboxylic acids is 1. The first-order chi connectivity index (χ1) is 12.0. The van der Waals surface area contributed by atoms with E-state index >= 15 is 0 Å². The third kappa shape index (κ3) is 4.06. The third-order valence-electron chi connectivity index (χ3n) is 4.17. The van der Waals surface area contributed by atoms with Crippen LogP contribution in [-0.4, -0.2) is 46.4 Å². The Kier molecular flexibility index (Phi) is 5.14. The van der Waals surface area contributed by atoms with Gasteiger partial charge in [-0.3, -0.25) is 4.79 Å². The number of carbonyl (C=O) groups is 1. The summed E-state index contributed by atoms with van der Waals surface area (Å²) < 4.78 is 2.03. The standard InChI is InChI=1S/C20H24N4O/c1-22(2)14-19-21-17-11-7-8-12-18(17)24(19)15-20(25)23(3)13-16-9-5-4-6-10-16/h4-12H,13-15H2,1-3H3. The molecular formula is C20H24N4O. The lowest BCUT2D eigenvalue weighted by atomic mass is 10.2. The van der Waals surface area contributed by atoms with Crippen LogP contribution in [0.2, 0.25) is 0 Å². The molecule has 0 N–H and O–H groups in total. The fourth-order valence-electron chi connectivity index (χ4n) is 2.91. The van der Waals surface area contributed by atoms with E-state index in [1.165, 1.54) is 0 Å². The lowest BCUT2D eigenvalue weighted by Gasteiger charge is -2.19. The van der Waals surface area contributed by atoms with Gasteiger partial charge in [-0.05, 0) is 31.8 Å². The summed E-state index contributed by atoms with van der Waals surface area (Å²) in [7, 11) is 5.86. The molecule has 0 saturated carbocycles. The van der Waals surface area contributed by atoms with E-state index in [0.29, 0.717) is 19.6 Å². The van der Waals surface area contributed by atoms with Crippen molar-refractivity contribution < 1.29 is 4.79 Å². The molecule has 0 aliphatic carbocycles. The molecule has 0 aliphatic rings. The van der Waals surface area contributed by atoms with Crippen LogP contribution in [0.1, 0.15) is 11.4 Å². The Morgan fingerprint density at radius 2 is 1.64 bits per heavy atom. The van der Waals surface area contributed by atoms with Gasteiger partial charge >= 0.3 is 0 Å². The van der Waals surface area contributed by atoms with Gasteiger partial charge in [-0.1, -0.05) is 42.5 Å². The average Bonchev–Trinajstić information content (AvgIpc) is 2.92. The largest absolute Gasteiger partial charge is 0.340 e. The summed E-state index contributed by atoms with van der Waals surface area (Å²) in [5.41, 5.74) is 3.06. The topological polar surface area (TPSA) is 41.4 Å². The molecule has 0 radical (unpaired) electrons. The molecule has 25 heavy (non-hydrogen) atoms. The summed E-state index contributed by atoms with van der Waals surface area (Å²) in [6.07, 6.45) is 0. The summed E-state index contributed by atoms with van der Waals surface area (Å²) in [5, 5.41) is 0. The second kappa shape index (κ2) is 7.49. The van der Waals surface area contributed by atoms with Gasteiger partial charge in [0.15, 0.2) is 0 Å². The Labute approximate surface area is 148 Å². The van der Waals surface area contributed by atoms with Crippen LogP contribution in [0.3, 0.4) is 0 Å². The van der Waals surface area contributed by atoms with Crippen LogP contribution in [0.25, 0.3) is 11.0 Å². The SMILES string of the molecule is CN(C)Cc1nc2ccccc2n1CC(=O)N(C)Cc1ccccc1. The van der Waals surface area contributed by atoms with Crippen LogP contribution in [0.15, 0.2) is 54.6 Å². The molecule has 130 valence electrons. The zero-order valence-electron chi connectivity index (χ0n) is 15.0. The number of amides is 1. The highest BCUT2D eigenvalue weighted by Crippen LogP contribution is 2.17. The minimum Gasteiger partial charge on any atom is -0.340 e. The molecule has 5 heteroatoms. The summed E-state index contributed by atoms with van der Waals surface area (Å²) in [5.74, 6) is 0.986. The van der Waals surface area contributed by atoms with Crippen molar-refractivity contribution in [1.82, 2.24) is 19.4 Å². The lowest BCUT2D eigenvalue weighted by molar-refractivity contribution is -0.131. The molecule has 0 atom stereocenters. The Balaban J connectivity index is 1.82. The minimum absolute atomic E-state index is 0.0759. The maximum absolute atomic E-state index is 12.8. The van der Waals surface area contributed by atoms with E-state index < -0.39 is 0 Å². The molecule has 0 saturated heterocycles. The highest BCUT2D eigenvalue weighted by atomic mass is 16.2. The number of likely N-dealkylation sites (N-methyl/N-ethyl adjacent to an activating group) is 1. The molecule has 0 spiro atoms. The van der Waals surface area contributed by atoms with E-state index in [4.69, 9.17) is 4.98 Å². The van der Waals surface area contributed by atoms with Gasteiger partial charge in [-0.25, -0.2) is 4.98 Å². The molecular weight excluding hydrogens is 312 g/mol. The van der Waals surface area contributed by atoms with Crippen molar-refractivity contribution >= 4 is 16.9 Å². The van der Waals surface area contributed by atoms with Crippen LogP contribution in [0.4, 0.5) is 0 Å². The fourth-order valence-corrected chi connectivity index (χ4v) is 2.91. The molecule has 1 aromatic heterocycles. The van der Waals surface area contributed by atoms with Crippen molar-refractivity contribution in [1.29, 1.82) is 0 Å². The summed E-state index contributed by atoms with van der Waals surface area (Å²) in [6.45, 7) is 1.60. The molecule has 0 fully saturated rings. The Morgan fingerprint density at radius 1 is 0.960 bits per heavy atom. The number of imidazole rings is 1. The van der Waals surface area contributed by atoms with Gasteiger partial charge in [0.25, 0.3) is 0 Å². The second-order valence-electron chi connectivity index (χ2n) is 6.58. The first-order valence-corrected chi connectivity index (χ1v) is 8.41. The van der Waals surface area contributed by atoms with Crippen LogP contribution in [-0.2, 0) is 24.4 Å². The number of nitrogens with zero attached hydrogens (tertiary/aromatic N) is 4. The van der Waals surface area contributed by atoms with Crippen molar-refractivity contribution in [3.8, 4) is 0 Å². The van der Waals surface area contributed by atoms with Gasteiger partial charge in [0, 0.05) is 13.6 Å². The number of fused-ring (bicyclic) bond motifs is 1. The van der Waals surface area contributed by atoms with Crippen molar-refractivity contribution in [3.63, 3.8) is 0 Å². The minimum atomic E-state index is 0.0759. The predicted molar refractivity (Wildman–Crippen MR) is 100 cm³/mol. The quantitative estimate of drug-likeness (QED) is 0.695. The van der Waals surface area contributed by atoms with E-state index in [1.807, 2.05) is 80.3 Å². The van der Waals surface area contributed by atoms with Crippen LogP contribution < -0.4 is 0 Å². The van der Waals surface area contributed by atoms with Gasteiger partial charge < -0.3 is 14.4 Å². The molecule has 1 heterocycles. The molecule has 0 bridgehead atoms. The number of para-hydroxylation sites is 2. The highest BCUT2D eigenvalue weighted by molar-refractivity contribution is 5.81. The fraction of sp³-hybridized carbons (Fsp3) is 0.300. The van der Waals surface area contributed by atoms with Crippen molar-refractivity contribution in [2.24, 2.45) is 0 Å². The van der Waals surface area contributed by atoms with E-state index in [2.05, 4.69) is 4.90 Å².